The number of carbonyl (C=O) groups excluding carboxylic acids is 2. The van der Waals surface area contributed by atoms with Gasteiger partial charge in [0, 0.05) is 5.69 Å². The molecule has 25 heavy (non-hydrogen) atoms. The van der Waals surface area contributed by atoms with Crippen molar-refractivity contribution in [3.63, 3.8) is 0 Å². The molecule has 2 aromatic carbocycles. The van der Waals surface area contributed by atoms with Crippen LogP contribution in [0.5, 0.6) is 11.5 Å². The Morgan fingerprint density at radius 3 is 2.20 bits per heavy atom. The maximum absolute atomic E-state index is 12.0. The Hall–Kier alpha value is -3.02. The molecular weight excluding hydrogens is 322 g/mol. The molecule has 0 saturated heterocycles. The van der Waals surface area contributed by atoms with Crippen LogP contribution in [0.2, 0.25) is 0 Å². The zero-order chi connectivity index (χ0) is 18.2. The monoisotopic (exact) mass is 343 g/mol. The highest BCUT2D eigenvalue weighted by atomic mass is 16.5. The molecule has 2 rings (SSSR count). The lowest BCUT2D eigenvalue weighted by Gasteiger charge is -2.11. The van der Waals surface area contributed by atoms with E-state index in [1.807, 2.05) is 6.92 Å². The molecule has 0 heterocycles. The summed E-state index contributed by atoms with van der Waals surface area (Å²) in [5.41, 5.74) is 1.81. The Morgan fingerprint density at radius 2 is 1.64 bits per heavy atom. The molecule has 0 fully saturated rings. The molecule has 2 aromatic rings. The predicted octanol–water partition coefficient (Wildman–Crippen LogP) is 3.20. The SMILES string of the molecule is CCOc1ccc(OCC(=O)Nc2ccc(C(=O)OC)cc2C)cc1. The predicted molar refractivity (Wildman–Crippen MR) is 94.3 cm³/mol. The number of carbonyl (C=O) groups is 2. The van der Waals surface area contributed by atoms with Crippen LogP contribution < -0.4 is 14.8 Å². The van der Waals surface area contributed by atoms with E-state index in [4.69, 9.17) is 9.47 Å². The van der Waals surface area contributed by atoms with Gasteiger partial charge in [0.15, 0.2) is 6.61 Å². The van der Waals surface area contributed by atoms with Crippen molar-refractivity contribution in [2.75, 3.05) is 25.6 Å². The topological polar surface area (TPSA) is 73.9 Å². The number of hydrogen-bond donors (Lipinski definition) is 1. The van der Waals surface area contributed by atoms with Gasteiger partial charge in [-0.3, -0.25) is 4.79 Å². The average Bonchev–Trinajstić information content (AvgIpc) is 2.62. The summed E-state index contributed by atoms with van der Waals surface area (Å²) >= 11 is 0. The maximum atomic E-state index is 12.0. The van der Waals surface area contributed by atoms with E-state index in [-0.39, 0.29) is 12.5 Å². The molecular formula is C19H21NO5. The van der Waals surface area contributed by atoms with Crippen LogP contribution >= 0.6 is 0 Å². The third-order valence-electron chi connectivity index (χ3n) is 3.43. The Bertz CT molecular complexity index is 740. The highest BCUT2D eigenvalue weighted by Gasteiger charge is 2.10. The smallest absolute Gasteiger partial charge is 0.337 e. The molecule has 0 saturated carbocycles. The van der Waals surface area contributed by atoms with Gasteiger partial charge in [0.2, 0.25) is 0 Å². The van der Waals surface area contributed by atoms with Crippen LogP contribution in [-0.4, -0.2) is 32.2 Å². The lowest BCUT2D eigenvalue weighted by Crippen LogP contribution is -2.20. The van der Waals surface area contributed by atoms with Crippen LogP contribution in [0.3, 0.4) is 0 Å². The first kappa shape index (κ1) is 18.3. The number of benzene rings is 2. The Kier molecular flexibility index (Phi) is 6.39. The molecule has 0 aliphatic heterocycles. The van der Waals surface area contributed by atoms with E-state index in [2.05, 4.69) is 10.1 Å². The summed E-state index contributed by atoms with van der Waals surface area (Å²) in [6.07, 6.45) is 0. The fourth-order valence-electron chi connectivity index (χ4n) is 2.18. The van der Waals surface area contributed by atoms with Gasteiger partial charge in [-0.15, -0.1) is 0 Å². The number of nitrogens with one attached hydrogen (secondary N) is 1. The van der Waals surface area contributed by atoms with Gasteiger partial charge in [0.05, 0.1) is 19.3 Å². The molecule has 1 amide bonds. The first-order valence-corrected chi connectivity index (χ1v) is 7.88. The van der Waals surface area contributed by atoms with Gasteiger partial charge in [0.1, 0.15) is 11.5 Å². The highest BCUT2D eigenvalue weighted by Crippen LogP contribution is 2.19. The minimum atomic E-state index is -0.417. The first-order chi connectivity index (χ1) is 12.0. The molecule has 0 unspecified atom stereocenters. The van der Waals surface area contributed by atoms with Crippen molar-refractivity contribution in [2.24, 2.45) is 0 Å². The van der Waals surface area contributed by atoms with E-state index >= 15 is 0 Å². The molecule has 0 atom stereocenters. The van der Waals surface area contributed by atoms with Crippen LogP contribution in [-0.2, 0) is 9.53 Å². The third-order valence-corrected chi connectivity index (χ3v) is 3.43. The van der Waals surface area contributed by atoms with Crippen LogP contribution in [0, 0.1) is 6.92 Å². The Labute approximate surface area is 146 Å². The molecule has 0 spiro atoms. The van der Waals surface area contributed by atoms with E-state index in [1.54, 1.807) is 49.4 Å². The second-order valence-corrected chi connectivity index (χ2v) is 5.26. The van der Waals surface area contributed by atoms with E-state index in [9.17, 15) is 9.59 Å². The molecule has 6 nitrogen and oxygen atoms in total. The van der Waals surface area contributed by atoms with Crippen molar-refractivity contribution in [1.29, 1.82) is 0 Å². The molecule has 0 radical (unpaired) electrons. The third kappa shape index (κ3) is 5.24. The van der Waals surface area contributed by atoms with Crippen molar-refractivity contribution in [2.45, 2.75) is 13.8 Å². The molecule has 0 bridgehead atoms. The quantitative estimate of drug-likeness (QED) is 0.782. The van der Waals surface area contributed by atoms with Crippen LogP contribution in [0.25, 0.3) is 0 Å². The van der Waals surface area contributed by atoms with Gasteiger partial charge in [-0.2, -0.15) is 0 Å². The molecule has 132 valence electrons. The van der Waals surface area contributed by atoms with Crippen molar-refractivity contribution >= 4 is 17.6 Å². The van der Waals surface area contributed by atoms with Crippen molar-refractivity contribution in [3.05, 3.63) is 53.6 Å². The summed E-state index contributed by atoms with van der Waals surface area (Å²) in [7, 11) is 1.33. The standard InChI is InChI=1S/C19H21NO5/c1-4-24-15-6-8-16(9-7-15)25-12-18(21)20-17-10-5-14(11-13(17)2)19(22)23-3/h5-11H,4,12H2,1-3H3,(H,20,21). The number of anilines is 1. The van der Waals surface area contributed by atoms with Gasteiger partial charge in [-0.1, -0.05) is 0 Å². The molecule has 0 aliphatic carbocycles. The lowest BCUT2D eigenvalue weighted by atomic mass is 10.1. The van der Waals surface area contributed by atoms with Crippen LogP contribution in [0.1, 0.15) is 22.8 Å². The highest BCUT2D eigenvalue weighted by molar-refractivity contribution is 5.94. The van der Waals surface area contributed by atoms with E-state index in [1.165, 1.54) is 7.11 Å². The second-order valence-electron chi connectivity index (χ2n) is 5.26. The van der Waals surface area contributed by atoms with Gasteiger partial charge in [-0.25, -0.2) is 4.79 Å². The Balaban J connectivity index is 1.90. The first-order valence-electron chi connectivity index (χ1n) is 7.88. The van der Waals surface area contributed by atoms with Crippen molar-refractivity contribution in [1.82, 2.24) is 0 Å². The van der Waals surface area contributed by atoms with Gasteiger partial charge >= 0.3 is 5.97 Å². The summed E-state index contributed by atoms with van der Waals surface area (Å²) in [5.74, 6) is 0.625. The number of rotatable bonds is 7. The van der Waals surface area contributed by atoms with Crippen LogP contribution in [0.15, 0.2) is 42.5 Å². The van der Waals surface area contributed by atoms with Crippen molar-refractivity contribution < 1.29 is 23.8 Å². The zero-order valence-corrected chi connectivity index (χ0v) is 14.5. The van der Waals surface area contributed by atoms with E-state index in [0.717, 1.165) is 11.3 Å². The van der Waals surface area contributed by atoms with Gasteiger partial charge in [0.25, 0.3) is 5.91 Å². The van der Waals surface area contributed by atoms with E-state index in [0.29, 0.717) is 23.6 Å². The largest absolute Gasteiger partial charge is 0.494 e. The fraction of sp³-hybridized carbons (Fsp3) is 0.263. The molecule has 1 N–H and O–H groups in total. The average molecular weight is 343 g/mol. The number of aryl methyl sites for hydroxylation is 1. The van der Waals surface area contributed by atoms with Crippen LogP contribution in [0.4, 0.5) is 5.69 Å². The summed E-state index contributed by atoms with van der Waals surface area (Å²) in [5, 5.41) is 2.76. The normalized spacial score (nSPS) is 10.0. The Morgan fingerprint density at radius 1 is 1.00 bits per heavy atom. The van der Waals surface area contributed by atoms with Gasteiger partial charge in [-0.05, 0) is 61.9 Å². The minimum absolute atomic E-state index is 0.119. The lowest BCUT2D eigenvalue weighted by molar-refractivity contribution is -0.118. The second kappa shape index (κ2) is 8.73. The molecule has 6 heteroatoms. The number of esters is 1. The molecule has 0 aromatic heterocycles. The maximum Gasteiger partial charge on any atom is 0.337 e. The number of amides is 1. The number of hydrogen-bond acceptors (Lipinski definition) is 5. The summed E-state index contributed by atoms with van der Waals surface area (Å²) < 4.78 is 15.5. The summed E-state index contributed by atoms with van der Waals surface area (Å²) in [6.45, 7) is 4.19. The number of methoxy groups -OCH3 is 1. The van der Waals surface area contributed by atoms with Gasteiger partial charge < -0.3 is 19.5 Å². The number of ether oxygens (including phenoxy) is 3. The van der Waals surface area contributed by atoms with Crippen molar-refractivity contribution in [3.8, 4) is 11.5 Å². The van der Waals surface area contributed by atoms with E-state index < -0.39 is 5.97 Å². The summed E-state index contributed by atoms with van der Waals surface area (Å²) in [4.78, 5) is 23.5. The minimum Gasteiger partial charge on any atom is -0.494 e. The summed E-state index contributed by atoms with van der Waals surface area (Å²) in [6, 6.07) is 12.0. The fourth-order valence-corrected chi connectivity index (χ4v) is 2.18. The zero-order valence-electron chi connectivity index (χ0n) is 14.5. The molecule has 0 aliphatic rings.